The van der Waals surface area contributed by atoms with Gasteiger partial charge in [0.25, 0.3) is 5.91 Å². The van der Waals surface area contributed by atoms with E-state index in [4.69, 9.17) is 10.5 Å². The van der Waals surface area contributed by atoms with Crippen molar-refractivity contribution in [3.05, 3.63) is 11.4 Å². The Labute approximate surface area is 94.8 Å². The molecule has 0 saturated heterocycles. The van der Waals surface area contributed by atoms with Gasteiger partial charge in [-0.25, -0.2) is 0 Å². The summed E-state index contributed by atoms with van der Waals surface area (Å²) in [5.74, 6) is -0.246. The zero-order valence-corrected chi connectivity index (χ0v) is 10.1. The summed E-state index contributed by atoms with van der Waals surface area (Å²) < 4.78 is 6.67. The second-order valence-electron chi connectivity index (χ2n) is 3.62. The number of carbonyl (C=O) groups excluding carboxylic acids is 1. The number of carbonyl (C=O) groups is 1. The standard InChI is InChI=1S/C10H18N4O2/c1-6-9(7(2)14(3)13-6)12-10(15)8(5-11)16-4/h8H,5,11H2,1-4H3,(H,12,15). The summed E-state index contributed by atoms with van der Waals surface area (Å²) in [6.07, 6.45) is -0.626. The lowest BCUT2D eigenvalue weighted by molar-refractivity contribution is -0.125. The maximum Gasteiger partial charge on any atom is 0.254 e. The zero-order chi connectivity index (χ0) is 12.3. The molecule has 1 atom stereocenters. The van der Waals surface area contributed by atoms with Crippen LogP contribution >= 0.6 is 0 Å². The highest BCUT2D eigenvalue weighted by Gasteiger charge is 2.19. The van der Waals surface area contributed by atoms with Crippen LogP contribution in [0.15, 0.2) is 0 Å². The van der Waals surface area contributed by atoms with Gasteiger partial charge in [0, 0.05) is 20.7 Å². The van der Waals surface area contributed by atoms with E-state index < -0.39 is 6.10 Å². The minimum atomic E-state index is -0.626. The van der Waals surface area contributed by atoms with E-state index >= 15 is 0 Å². The number of nitrogens with one attached hydrogen (secondary N) is 1. The molecule has 0 aliphatic heterocycles. The molecule has 0 radical (unpaired) electrons. The molecular weight excluding hydrogens is 208 g/mol. The first-order valence-corrected chi connectivity index (χ1v) is 5.05. The number of nitrogens with two attached hydrogens (primary N) is 1. The Hall–Kier alpha value is -1.40. The monoisotopic (exact) mass is 226 g/mol. The Balaban J connectivity index is 2.84. The van der Waals surface area contributed by atoms with Gasteiger partial charge in [-0.15, -0.1) is 0 Å². The Bertz CT molecular complexity index is 382. The number of amides is 1. The highest BCUT2D eigenvalue weighted by Crippen LogP contribution is 2.18. The van der Waals surface area contributed by atoms with Crippen molar-refractivity contribution in [3.63, 3.8) is 0 Å². The van der Waals surface area contributed by atoms with E-state index in [0.29, 0.717) is 0 Å². The lowest BCUT2D eigenvalue weighted by atomic mass is 10.2. The van der Waals surface area contributed by atoms with Crippen LogP contribution in [0.4, 0.5) is 5.69 Å². The van der Waals surface area contributed by atoms with Crippen molar-refractivity contribution in [1.29, 1.82) is 0 Å². The van der Waals surface area contributed by atoms with Crippen LogP contribution in [0.2, 0.25) is 0 Å². The molecule has 0 saturated carbocycles. The number of rotatable bonds is 4. The van der Waals surface area contributed by atoms with Gasteiger partial charge in [0.05, 0.1) is 17.1 Å². The molecule has 0 aliphatic rings. The predicted octanol–water partition coefficient (Wildman–Crippen LogP) is -0.0509. The van der Waals surface area contributed by atoms with E-state index in [1.165, 1.54) is 7.11 Å². The molecule has 0 spiro atoms. The van der Waals surface area contributed by atoms with Crippen LogP contribution in [-0.2, 0) is 16.6 Å². The van der Waals surface area contributed by atoms with Crippen LogP contribution < -0.4 is 11.1 Å². The van der Waals surface area contributed by atoms with Crippen LogP contribution in [0.3, 0.4) is 0 Å². The lowest BCUT2D eigenvalue weighted by Crippen LogP contribution is -2.36. The highest BCUT2D eigenvalue weighted by atomic mass is 16.5. The average molecular weight is 226 g/mol. The number of hydrogen-bond donors (Lipinski definition) is 2. The Morgan fingerprint density at radius 1 is 1.62 bits per heavy atom. The average Bonchev–Trinajstić information content (AvgIpc) is 2.47. The minimum Gasteiger partial charge on any atom is -0.370 e. The second-order valence-corrected chi connectivity index (χ2v) is 3.62. The number of ether oxygens (including phenoxy) is 1. The molecule has 1 aromatic heterocycles. The van der Waals surface area contributed by atoms with Gasteiger partial charge in [0.15, 0.2) is 0 Å². The lowest BCUT2D eigenvalue weighted by Gasteiger charge is -2.13. The van der Waals surface area contributed by atoms with Gasteiger partial charge < -0.3 is 15.8 Å². The molecule has 1 unspecified atom stereocenters. The molecule has 6 heteroatoms. The molecule has 1 heterocycles. The van der Waals surface area contributed by atoms with Gasteiger partial charge in [-0.2, -0.15) is 5.10 Å². The SMILES string of the molecule is COC(CN)C(=O)Nc1c(C)nn(C)c1C. The molecule has 0 bridgehead atoms. The fourth-order valence-electron chi connectivity index (χ4n) is 1.47. The third kappa shape index (κ3) is 2.40. The second kappa shape index (κ2) is 5.09. The topological polar surface area (TPSA) is 82.2 Å². The van der Waals surface area contributed by atoms with Crippen LogP contribution in [0.5, 0.6) is 0 Å². The fourth-order valence-corrected chi connectivity index (χ4v) is 1.47. The van der Waals surface area contributed by atoms with Crippen LogP contribution in [0.25, 0.3) is 0 Å². The van der Waals surface area contributed by atoms with Gasteiger partial charge in [0.1, 0.15) is 6.10 Å². The van der Waals surface area contributed by atoms with Gasteiger partial charge >= 0.3 is 0 Å². The third-order valence-corrected chi connectivity index (χ3v) is 2.55. The van der Waals surface area contributed by atoms with Gasteiger partial charge in [-0.3, -0.25) is 9.48 Å². The summed E-state index contributed by atoms with van der Waals surface area (Å²) in [7, 11) is 3.29. The molecule has 6 nitrogen and oxygen atoms in total. The van der Waals surface area contributed by atoms with Crippen molar-refractivity contribution in [2.24, 2.45) is 12.8 Å². The molecule has 0 fully saturated rings. The molecular formula is C10H18N4O2. The van der Waals surface area contributed by atoms with Crippen molar-refractivity contribution in [3.8, 4) is 0 Å². The van der Waals surface area contributed by atoms with Gasteiger partial charge in [-0.1, -0.05) is 0 Å². The van der Waals surface area contributed by atoms with E-state index in [2.05, 4.69) is 10.4 Å². The first-order valence-electron chi connectivity index (χ1n) is 5.05. The largest absolute Gasteiger partial charge is 0.370 e. The van der Waals surface area contributed by atoms with E-state index in [1.807, 2.05) is 20.9 Å². The minimum absolute atomic E-state index is 0.153. The summed E-state index contributed by atoms with van der Waals surface area (Å²) in [6.45, 7) is 3.88. The summed E-state index contributed by atoms with van der Waals surface area (Å²) in [5.41, 5.74) is 7.82. The van der Waals surface area contributed by atoms with Crippen molar-refractivity contribution < 1.29 is 9.53 Å². The number of methoxy groups -OCH3 is 1. The van der Waals surface area contributed by atoms with Crippen LogP contribution in [-0.4, -0.2) is 35.4 Å². The maximum absolute atomic E-state index is 11.7. The number of hydrogen-bond acceptors (Lipinski definition) is 4. The first-order chi connectivity index (χ1) is 7.51. The predicted molar refractivity (Wildman–Crippen MR) is 61.2 cm³/mol. The number of aryl methyl sites for hydroxylation is 2. The van der Waals surface area contributed by atoms with Crippen molar-refractivity contribution in [1.82, 2.24) is 9.78 Å². The van der Waals surface area contributed by atoms with E-state index in [0.717, 1.165) is 17.1 Å². The van der Waals surface area contributed by atoms with Crippen molar-refractivity contribution in [2.45, 2.75) is 20.0 Å². The normalized spacial score (nSPS) is 12.6. The number of anilines is 1. The number of nitrogens with zero attached hydrogens (tertiary/aromatic N) is 2. The first kappa shape index (κ1) is 12.7. The summed E-state index contributed by atoms with van der Waals surface area (Å²) >= 11 is 0. The van der Waals surface area contributed by atoms with Gasteiger partial charge in [-0.05, 0) is 13.8 Å². The Morgan fingerprint density at radius 2 is 2.25 bits per heavy atom. The molecule has 90 valence electrons. The fraction of sp³-hybridized carbons (Fsp3) is 0.600. The van der Waals surface area contributed by atoms with Crippen molar-refractivity contribution in [2.75, 3.05) is 19.0 Å². The third-order valence-electron chi connectivity index (χ3n) is 2.55. The smallest absolute Gasteiger partial charge is 0.254 e. The summed E-state index contributed by atoms with van der Waals surface area (Å²) in [6, 6.07) is 0. The molecule has 0 aliphatic carbocycles. The summed E-state index contributed by atoms with van der Waals surface area (Å²) in [5, 5.41) is 6.98. The van der Waals surface area contributed by atoms with E-state index in [-0.39, 0.29) is 12.5 Å². The number of aromatic nitrogens is 2. The Morgan fingerprint density at radius 3 is 2.62 bits per heavy atom. The molecule has 1 rings (SSSR count). The van der Waals surface area contributed by atoms with Crippen LogP contribution in [0.1, 0.15) is 11.4 Å². The van der Waals surface area contributed by atoms with E-state index in [9.17, 15) is 4.79 Å². The molecule has 0 aromatic carbocycles. The Kier molecular flexibility index (Phi) is 4.03. The molecule has 3 N–H and O–H groups in total. The summed E-state index contributed by atoms with van der Waals surface area (Å²) in [4.78, 5) is 11.7. The van der Waals surface area contributed by atoms with E-state index in [1.54, 1.807) is 4.68 Å². The quantitative estimate of drug-likeness (QED) is 0.754. The highest BCUT2D eigenvalue weighted by molar-refractivity contribution is 5.95. The van der Waals surface area contributed by atoms with Crippen molar-refractivity contribution >= 4 is 11.6 Å². The molecule has 1 amide bonds. The maximum atomic E-state index is 11.7. The van der Waals surface area contributed by atoms with Gasteiger partial charge in [0.2, 0.25) is 0 Å². The molecule has 1 aromatic rings. The molecule has 16 heavy (non-hydrogen) atoms. The van der Waals surface area contributed by atoms with Crippen LogP contribution in [0, 0.1) is 13.8 Å². The zero-order valence-electron chi connectivity index (χ0n) is 10.1.